The second-order valence-electron chi connectivity index (χ2n) is 8.34. The SMILES string of the molecule is CN1CCC(COCC2CC2)CC12CN(C(=O)c1cccc(C#N)c1)C2. The third-order valence-corrected chi connectivity index (χ3v) is 6.25. The third-order valence-electron chi connectivity index (χ3n) is 6.25. The zero-order chi connectivity index (χ0) is 18.1. The molecule has 1 unspecified atom stereocenters. The molecule has 4 rings (SSSR count). The van der Waals surface area contributed by atoms with E-state index in [2.05, 4.69) is 18.0 Å². The van der Waals surface area contributed by atoms with Crippen LogP contribution in [0.2, 0.25) is 0 Å². The van der Waals surface area contributed by atoms with Crippen LogP contribution in [0.1, 0.15) is 41.6 Å². The molecule has 0 N–H and O–H groups in total. The molecule has 2 heterocycles. The van der Waals surface area contributed by atoms with E-state index >= 15 is 0 Å². The van der Waals surface area contributed by atoms with Crippen molar-refractivity contribution in [3.05, 3.63) is 35.4 Å². The molecule has 26 heavy (non-hydrogen) atoms. The Morgan fingerprint density at radius 1 is 1.27 bits per heavy atom. The van der Waals surface area contributed by atoms with E-state index in [-0.39, 0.29) is 11.4 Å². The zero-order valence-electron chi connectivity index (χ0n) is 15.5. The fourth-order valence-corrected chi connectivity index (χ4v) is 4.32. The lowest BCUT2D eigenvalue weighted by molar-refractivity contribution is -0.0761. The first-order valence-electron chi connectivity index (χ1n) is 9.68. The van der Waals surface area contributed by atoms with Crippen LogP contribution in [0.15, 0.2) is 24.3 Å². The number of nitriles is 1. The summed E-state index contributed by atoms with van der Waals surface area (Å²) in [5.74, 6) is 1.45. The number of likely N-dealkylation sites (tertiary alicyclic amines) is 2. The topological polar surface area (TPSA) is 56.6 Å². The van der Waals surface area contributed by atoms with Crippen LogP contribution in [0.4, 0.5) is 0 Å². The molecule has 1 spiro atoms. The predicted molar refractivity (Wildman–Crippen MR) is 98.7 cm³/mol. The van der Waals surface area contributed by atoms with E-state index < -0.39 is 0 Å². The highest BCUT2D eigenvalue weighted by Gasteiger charge is 2.51. The average Bonchev–Trinajstić information content (AvgIpc) is 3.45. The van der Waals surface area contributed by atoms with E-state index in [1.165, 1.54) is 19.3 Å². The third kappa shape index (κ3) is 3.49. The van der Waals surface area contributed by atoms with Gasteiger partial charge in [-0.1, -0.05) is 6.07 Å². The number of amides is 1. The molecule has 2 aliphatic heterocycles. The van der Waals surface area contributed by atoms with Crippen molar-refractivity contribution in [1.82, 2.24) is 9.80 Å². The van der Waals surface area contributed by atoms with Crippen molar-refractivity contribution in [1.29, 1.82) is 5.26 Å². The standard InChI is InChI=1S/C21H27N3O2/c1-23-8-7-18(13-26-12-16-5-6-16)10-21(23)14-24(15-21)20(25)19-4-2-3-17(9-19)11-22/h2-4,9,16,18H,5-8,10,12-15H2,1H3. The summed E-state index contributed by atoms with van der Waals surface area (Å²) in [5, 5.41) is 9.03. The van der Waals surface area contributed by atoms with E-state index in [0.717, 1.165) is 45.2 Å². The minimum atomic E-state index is 0.0354. The second kappa shape index (κ2) is 7.02. The van der Waals surface area contributed by atoms with Crippen molar-refractivity contribution in [3.63, 3.8) is 0 Å². The van der Waals surface area contributed by atoms with Crippen LogP contribution >= 0.6 is 0 Å². The first-order valence-corrected chi connectivity index (χ1v) is 9.68. The highest BCUT2D eigenvalue weighted by Crippen LogP contribution is 2.39. The number of hydrogen-bond acceptors (Lipinski definition) is 4. The molecule has 5 heteroatoms. The van der Waals surface area contributed by atoms with Crippen molar-refractivity contribution in [3.8, 4) is 6.07 Å². The highest BCUT2D eigenvalue weighted by atomic mass is 16.5. The molecule has 5 nitrogen and oxygen atoms in total. The summed E-state index contributed by atoms with van der Waals surface area (Å²) in [6.45, 7) is 4.42. The van der Waals surface area contributed by atoms with Gasteiger partial charge in [-0.3, -0.25) is 9.69 Å². The number of likely N-dealkylation sites (N-methyl/N-ethyl adjacent to an activating group) is 1. The normalized spacial score (nSPS) is 24.9. The molecular formula is C21H27N3O2. The van der Waals surface area contributed by atoms with Gasteiger partial charge in [0, 0.05) is 31.9 Å². The van der Waals surface area contributed by atoms with Gasteiger partial charge in [0.25, 0.3) is 5.91 Å². The van der Waals surface area contributed by atoms with Gasteiger partial charge in [-0.15, -0.1) is 0 Å². The van der Waals surface area contributed by atoms with Gasteiger partial charge in [0.15, 0.2) is 0 Å². The molecular weight excluding hydrogens is 326 g/mol. The van der Waals surface area contributed by atoms with Crippen molar-refractivity contribution in [2.24, 2.45) is 11.8 Å². The summed E-state index contributed by atoms with van der Waals surface area (Å²) < 4.78 is 5.93. The molecule has 0 aromatic heterocycles. The Morgan fingerprint density at radius 2 is 2.04 bits per heavy atom. The molecule has 3 fully saturated rings. The van der Waals surface area contributed by atoms with Gasteiger partial charge in [-0.25, -0.2) is 0 Å². The monoisotopic (exact) mass is 353 g/mol. The summed E-state index contributed by atoms with van der Waals surface area (Å²) >= 11 is 0. The molecule has 2 saturated heterocycles. The van der Waals surface area contributed by atoms with Crippen molar-refractivity contribution < 1.29 is 9.53 Å². The van der Waals surface area contributed by atoms with Crippen LogP contribution in [0.5, 0.6) is 0 Å². The highest BCUT2D eigenvalue weighted by molar-refractivity contribution is 5.95. The van der Waals surface area contributed by atoms with Gasteiger partial charge >= 0.3 is 0 Å². The molecule has 1 saturated carbocycles. The Morgan fingerprint density at radius 3 is 2.77 bits per heavy atom. The second-order valence-corrected chi connectivity index (χ2v) is 8.34. The summed E-state index contributed by atoms with van der Waals surface area (Å²) in [6, 6.07) is 9.10. The lowest BCUT2D eigenvalue weighted by Gasteiger charge is -2.58. The van der Waals surface area contributed by atoms with E-state index in [1.807, 2.05) is 4.90 Å². The minimum absolute atomic E-state index is 0.0354. The summed E-state index contributed by atoms with van der Waals surface area (Å²) in [4.78, 5) is 17.1. The molecule has 3 aliphatic rings. The Labute approximate surface area is 155 Å². The number of benzene rings is 1. The van der Waals surface area contributed by atoms with Gasteiger partial charge in [0.1, 0.15) is 0 Å². The lowest BCUT2D eigenvalue weighted by Crippen LogP contribution is -2.72. The molecule has 138 valence electrons. The van der Waals surface area contributed by atoms with Crippen molar-refractivity contribution in [2.75, 3.05) is 39.9 Å². The number of ether oxygens (including phenoxy) is 1. The Bertz CT molecular complexity index is 716. The van der Waals surface area contributed by atoms with Crippen LogP contribution in [-0.4, -0.2) is 61.1 Å². The van der Waals surface area contributed by atoms with Gasteiger partial charge < -0.3 is 9.64 Å². The van der Waals surface area contributed by atoms with E-state index in [4.69, 9.17) is 10.00 Å². The molecule has 1 aromatic carbocycles. The largest absolute Gasteiger partial charge is 0.381 e. The van der Waals surface area contributed by atoms with Crippen LogP contribution in [0, 0.1) is 23.2 Å². The van der Waals surface area contributed by atoms with Crippen LogP contribution in [0.25, 0.3) is 0 Å². The first-order chi connectivity index (χ1) is 12.6. The smallest absolute Gasteiger partial charge is 0.254 e. The van der Waals surface area contributed by atoms with Crippen molar-refractivity contribution in [2.45, 2.75) is 31.2 Å². The Kier molecular flexibility index (Phi) is 4.73. The molecule has 0 bridgehead atoms. The summed E-state index contributed by atoms with van der Waals surface area (Å²) in [5.41, 5.74) is 1.25. The Balaban J connectivity index is 1.34. The number of hydrogen-bond donors (Lipinski definition) is 0. The van der Waals surface area contributed by atoms with Gasteiger partial charge in [0.2, 0.25) is 0 Å². The van der Waals surface area contributed by atoms with Crippen LogP contribution in [-0.2, 0) is 4.74 Å². The molecule has 0 radical (unpaired) electrons. The number of piperidine rings is 1. The maximum Gasteiger partial charge on any atom is 0.254 e. The molecule has 1 amide bonds. The van der Waals surface area contributed by atoms with Gasteiger partial charge in [0.05, 0.1) is 17.2 Å². The van der Waals surface area contributed by atoms with E-state index in [0.29, 0.717) is 17.0 Å². The molecule has 1 aromatic rings. The zero-order valence-corrected chi connectivity index (χ0v) is 15.5. The fourth-order valence-electron chi connectivity index (χ4n) is 4.32. The van der Waals surface area contributed by atoms with Gasteiger partial charge in [-0.2, -0.15) is 5.26 Å². The maximum atomic E-state index is 12.7. The fraction of sp³-hybridized carbons (Fsp3) is 0.619. The van der Waals surface area contributed by atoms with Crippen molar-refractivity contribution >= 4 is 5.91 Å². The van der Waals surface area contributed by atoms with Gasteiger partial charge in [-0.05, 0) is 69.3 Å². The summed E-state index contributed by atoms with van der Waals surface area (Å²) in [7, 11) is 2.18. The molecule has 1 atom stereocenters. The number of carbonyl (C=O) groups excluding carboxylic acids is 1. The number of rotatable bonds is 5. The Hall–Kier alpha value is -1.90. The van der Waals surface area contributed by atoms with Crippen LogP contribution < -0.4 is 0 Å². The molecule has 1 aliphatic carbocycles. The number of carbonyl (C=O) groups is 1. The number of nitrogens with zero attached hydrogens (tertiary/aromatic N) is 3. The summed E-state index contributed by atoms with van der Waals surface area (Å²) in [6.07, 6.45) is 4.96. The lowest BCUT2D eigenvalue weighted by atomic mass is 9.75. The predicted octanol–water partition coefficient (Wildman–Crippen LogP) is 2.52. The van der Waals surface area contributed by atoms with E-state index in [1.54, 1.807) is 24.3 Å². The average molecular weight is 353 g/mol. The van der Waals surface area contributed by atoms with Crippen LogP contribution in [0.3, 0.4) is 0 Å². The first kappa shape index (κ1) is 17.5. The van der Waals surface area contributed by atoms with E-state index in [9.17, 15) is 4.79 Å². The minimum Gasteiger partial charge on any atom is -0.381 e. The quantitative estimate of drug-likeness (QED) is 0.816. The maximum absolute atomic E-state index is 12.7.